The van der Waals surface area contributed by atoms with Gasteiger partial charge in [-0.2, -0.15) is 0 Å². The molecule has 0 N–H and O–H groups in total. The van der Waals surface area contributed by atoms with Crippen LogP contribution in [0.15, 0.2) is 18.5 Å². The van der Waals surface area contributed by atoms with Crippen LogP contribution in [0.5, 0.6) is 0 Å². The fourth-order valence-corrected chi connectivity index (χ4v) is 1.92. The van der Waals surface area contributed by atoms with Gasteiger partial charge in [0.25, 0.3) is 0 Å². The summed E-state index contributed by atoms with van der Waals surface area (Å²) in [5, 5.41) is 0. The average molecular weight is 181 g/mol. The van der Waals surface area contributed by atoms with Gasteiger partial charge in [0.05, 0.1) is 6.10 Å². The second kappa shape index (κ2) is 3.46. The Morgan fingerprint density at radius 2 is 2.50 bits per heavy atom. The number of aryl methyl sites for hydroxylation is 1. The van der Waals surface area contributed by atoms with E-state index in [4.69, 9.17) is 4.18 Å². The Hall–Kier alpha value is -0.540. The van der Waals surface area contributed by atoms with Crippen molar-refractivity contribution in [1.29, 1.82) is 0 Å². The van der Waals surface area contributed by atoms with E-state index in [-0.39, 0.29) is 6.10 Å². The minimum Gasteiger partial charge on any atom is -0.311 e. The predicted molar refractivity (Wildman–Crippen MR) is 50.0 cm³/mol. The molecule has 0 bridgehead atoms. The lowest BCUT2D eigenvalue weighted by Gasteiger charge is -2.22. The van der Waals surface area contributed by atoms with Gasteiger partial charge in [0.2, 0.25) is 0 Å². The lowest BCUT2D eigenvalue weighted by atomic mass is 9.91. The number of nitrogens with zero attached hydrogens (tertiary/aromatic N) is 1. The molecule has 0 saturated heterocycles. The summed E-state index contributed by atoms with van der Waals surface area (Å²) in [7, 11) is 0. The summed E-state index contributed by atoms with van der Waals surface area (Å²) in [6.45, 7) is 0. The van der Waals surface area contributed by atoms with Gasteiger partial charge in [-0.05, 0) is 49.4 Å². The molecule has 12 heavy (non-hydrogen) atoms. The van der Waals surface area contributed by atoms with Gasteiger partial charge in [-0.3, -0.25) is 4.98 Å². The molecule has 0 amide bonds. The van der Waals surface area contributed by atoms with E-state index in [0.29, 0.717) is 0 Å². The van der Waals surface area contributed by atoms with Crippen LogP contribution in [-0.2, 0) is 10.6 Å². The molecule has 0 saturated carbocycles. The Morgan fingerprint density at radius 3 is 3.33 bits per heavy atom. The highest BCUT2D eigenvalue weighted by Crippen LogP contribution is 2.32. The molecule has 1 unspecified atom stereocenters. The van der Waals surface area contributed by atoms with E-state index in [1.165, 1.54) is 17.5 Å². The first-order valence-corrected chi connectivity index (χ1v) is 4.51. The second-order valence-electron chi connectivity index (χ2n) is 3.06. The maximum atomic E-state index is 5.08. The summed E-state index contributed by atoms with van der Waals surface area (Å²) in [5.74, 6) is 0. The summed E-state index contributed by atoms with van der Waals surface area (Å²) in [5.41, 5.74) is 2.56. The number of hydrogen-bond donors (Lipinski definition) is 1. The van der Waals surface area contributed by atoms with E-state index in [1.807, 2.05) is 18.5 Å². The predicted octanol–water partition coefficient (Wildman–Crippen LogP) is 2.32. The van der Waals surface area contributed by atoms with Crippen molar-refractivity contribution in [2.75, 3.05) is 0 Å². The van der Waals surface area contributed by atoms with Crippen molar-refractivity contribution in [1.82, 2.24) is 4.98 Å². The minimum atomic E-state index is 0.167. The smallest absolute Gasteiger partial charge is 0.0972 e. The number of rotatable bonds is 1. The van der Waals surface area contributed by atoms with Gasteiger partial charge in [0, 0.05) is 12.4 Å². The highest BCUT2D eigenvalue weighted by molar-refractivity contribution is 7.75. The summed E-state index contributed by atoms with van der Waals surface area (Å²) in [6.07, 6.45) is 7.26. The van der Waals surface area contributed by atoms with Crippen molar-refractivity contribution in [3.05, 3.63) is 29.6 Å². The van der Waals surface area contributed by atoms with Crippen LogP contribution in [0.3, 0.4) is 0 Å². The number of fused-ring (bicyclic) bond motifs is 1. The van der Waals surface area contributed by atoms with Crippen molar-refractivity contribution in [2.45, 2.75) is 25.4 Å². The van der Waals surface area contributed by atoms with Gasteiger partial charge in [-0.15, -0.1) is 0 Å². The monoisotopic (exact) mass is 181 g/mol. The van der Waals surface area contributed by atoms with Crippen LogP contribution in [0.2, 0.25) is 0 Å². The Morgan fingerprint density at radius 1 is 1.58 bits per heavy atom. The molecule has 1 heterocycles. The van der Waals surface area contributed by atoms with E-state index in [9.17, 15) is 0 Å². The summed E-state index contributed by atoms with van der Waals surface area (Å²) in [4.78, 5) is 4.09. The zero-order valence-electron chi connectivity index (χ0n) is 6.73. The summed E-state index contributed by atoms with van der Waals surface area (Å²) >= 11 is 3.87. The third kappa shape index (κ3) is 1.34. The standard InChI is InChI=1S/C9H11NOS/c12-11-9-3-1-2-7-6-10-5-4-8(7)9/h4-6,9,12H,1-3H2. The largest absolute Gasteiger partial charge is 0.311 e. The Labute approximate surface area is 77.6 Å². The maximum Gasteiger partial charge on any atom is 0.0972 e. The fraction of sp³-hybridized carbons (Fsp3) is 0.444. The van der Waals surface area contributed by atoms with Crippen molar-refractivity contribution in [3.8, 4) is 0 Å². The number of aromatic nitrogens is 1. The van der Waals surface area contributed by atoms with E-state index in [2.05, 4.69) is 17.9 Å². The lowest BCUT2D eigenvalue weighted by Crippen LogP contribution is -2.09. The average Bonchev–Trinajstić information content (AvgIpc) is 2.17. The molecule has 0 aliphatic heterocycles. The van der Waals surface area contributed by atoms with Crippen LogP contribution in [0.25, 0.3) is 0 Å². The molecule has 3 heteroatoms. The van der Waals surface area contributed by atoms with Gasteiger partial charge in [0.15, 0.2) is 0 Å². The van der Waals surface area contributed by atoms with E-state index < -0.39 is 0 Å². The maximum absolute atomic E-state index is 5.08. The third-order valence-corrected chi connectivity index (χ3v) is 2.58. The van der Waals surface area contributed by atoms with E-state index in [0.717, 1.165) is 12.8 Å². The number of pyridine rings is 1. The quantitative estimate of drug-likeness (QED) is 0.530. The lowest BCUT2D eigenvalue weighted by molar-refractivity contribution is 0.225. The Balaban J connectivity index is 2.37. The second-order valence-corrected chi connectivity index (χ2v) is 3.27. The first-order chi connectivity index (χ1) is 5.92. The van der Waals surface area contributed by atoms with Gasteiger partial charge >= 0.3 is 0 Å². The highest BCUT2D eigenvalue weighted by Gasteiger charge is 2.19. The molecule has 1 aromatic heterocycles. The summed E-state index contributed by atoms with van der Waals surface area (Å²) < 4.78 is 5.08. The molecule has 0 aromatic carbocycles. The molecular weight excluding hydrogens is 170 g/mol. The highest BCUT2D eigenvalue weighted by atomic mass is 32.1. The van der Waals surface area contributed by atoms with Crippen LogP contribution in [-0.4, -0.2) is 4.98 Å². The van der Waals surface area contributed by atoms with Crippen LogP contribution in [0.1, 0.15) is 30.1 Å². The molecule has 1 aliphatic carbocycles. The number of thiol groups is 1. The Kier molecular flexibility index (Phi) is 2.33. The van der Waals surface area contributed by atoms with Crippen molar-refractivity contribution >= 4 is 12.9 Å². The Bertz CT molecular complexity index is 277. The summed E-state index contributed by atoms with van der Waals surface area (Å²) in [6, 6.07) is 2.02. The molecule has 0 spiro atoms. The van der Waals surface area contributed by atoms with Crippen molar-refractivity contribution in [3.63, 3.8) is 0 Å². The van der Waals surface area contributed by atoms with Gasteiger partial charge < -0.3 is 4.18 Å². The van der Waals surface area contributed by atoms with Crippen LogP contribution < -0.4 is 0 Å². The van der Waals surface area contributed by atoms with Crippen LogP contribution in [0, 0.1) is 0 Å². The molecular formula is C9H11NOS. The van der Waals surface area contributed by atoms with Gasteiger partial charge in [-0.25, -0.2) is 0 Å². The molecule has 0 radical (unpaired) electrons. The molecule has 2 rings (SSSR count). The van der Waals surface area contributed by atoms with E-state index >= 15 is 0 Å². The molecule has 1 atom stereocenters. The minimum absolute atomic E-state index is 0.167. The van der Waals surface area contributed by atoms with Crippen LogP contribution in [0.4, 0.5) is 0 Å². The number of hydrogen-bond acceptors (Lipinski definition) is 3. The third-order valence-electron chi connectivity index (χ3n) is 2.33. The topological polar surface area (TPSA) is 22.1 Å². The van der Waals surface area contributed by atoms with Gasteiger partial charge in [0.1, 0.15) is 0 Å². The normalized spacial score (nSPS) is 21.9. The molecule has 1 aromatic rings. The molecule has 64 valence electrons. The molecule has 0 fully saturated rings. The molecule has 1 aliphatic rings. The van der Waals surface area contributed by atoms with Crippen molar-refractivity contribution in [2.24, 2.45) is 0 Å². The zero-order chi connectivity index (χ0) is 8.39. The first-order valence-electron chi connectivity index (χ1n) is 4.15. The molecule has 2 nitrogen and oxygen atoms in total. The van der Waals surface area contributed by atoms with Crippen LogP contribution >= 0.6 is 12.9 Å². The van der Waals surface area contributed by atoms with Gasteiger partial charge in [-0.1, -0.05) is 0 Å². The SMILES string of the molecule is SOC1CCCc2cnccc21. The van der Waals surface area contributed by atoms with Crippen molar-refractivity contribution < 1.29 is 4.18 Å². The fourth-order valence-electron chi connectivity index (χ4n) is 1.70. The van der Waals surface area contributed by atoms with E-state index in [1.54, 1.807) is 0 Å². The first kappa shape index (κ1) is 8.08. The zero-order valence-corrected chi connectivity index (χ0v) is 7.63.